The summed E-state index contributed by atoms with van der Waals surface area (Å²) in [5.41, 5.74) is 1.58. The summed E-state index contributed by atoms with van der Waals surface area (Å²) in [5, 5.41) is 12.8. The molecule has 0 radical (unpaired) electrons. The molecule has 1 aliphatic rings. The zero-order valence-corrected chi connectivity index (χ0v) is 17.3. The number of phenols is 1. The molecule has 1 aliphatic heterocycles. The molecule has 154 valence electrons. The van der Waals surface area contributed by atoms with E-state index in [2.05, 4.69) is 5.32 Å². The molecule has 0 aliphatic carbocycles. The number of halogens is 1. The van der Waals surface area contributed by atoms with Crippen LogP contribution in [0.15, 0.2) is 47.3 Å². The first-order valence-corrected chi connectivity index (χ1v) is 10.2. The first-order valence-electron chi connectivity index (χ1n) is 9.35. The molecule has 0 bridgehead atoms. The van der Waals surface area contributed by atoms with Crippen LogP contribution in [0.2, 0.25) is 0 Å². The molecule has 6 nitrogen and oxygen atoms in total. The summed E-state index contributed by atoms with van der Waals surface area (Å²) in [7, 11) is 3.80. The molecule has 0 spiro atoms. The van der Waals surface area contributed by atoms with E-state index in [0.29, 0.717) is 44.7 Å². The van der Waals surface area contributed by atoms with E-state index < -0.39 is 5.82 Å². The van der Waals surface area contributed by atoms with Crippen molar-refractivity contribution in [2.24, 2.45) is 0 Å². The van der Waals surface area contributed by atoms with Gasteiger partial charge in [-0.3, -0.25) is 14.2 Å². The molecular formula is C22H20FN3O3S. The SMILES string of the molecule is CN(C)CCn1c(=O)/c(=C/c2ccccc2O)s/c1=C1/C(=O)Nc2cc(F)ccc21. The van der Waals surface area contributed by atoms with Gasteiger partial charge in [-0.25, -0.2) is 4.39 Å². The summed E-state index contributed by atoms with van der Waals surface area (Å²) in [4.78, 5) is 27.9. The molecule has 2 heterocycles. The number of anilines is 1. The Kier molecular flexibility index (Phi) is 5.27. The van der Waals surface area contributed by atoms with Crippen LogP contribution >= 0.6 is 11.3 Å². The van der Waals surface area contributed by atoms with E-state index in [1.807, 2.05) is 19.0 Å². The van der Waals surface area contributed by atoms with E-state index >= 15 is 0 Å². The molecule has 3 aromatic rings. The number of nitrogens with zero attached hydrogens (tertiary/aromatic N) is 2. The van der Waals surface area contributed by atoms with Crippen molar-refractivity contribution in [3.8, 4) is 5.75 Å². The second kappa shape index (κ2) is 7.89. The lowest BCUT2D eigenvalue weighted by atomic mass is 10.1. The summed E-state index contributed by atoms with van der Waals surface area (Å²) >= 11 is 1.18. The van der Waals surface area contributed by atoms with Gasteiger partial charge in [0.2, 0.25) is 0 Å². The smallest absolute Gasteiger partial charge is 0.269 e. The van der Waals surface area contributed by atoms with E-state index in [1.54, 1.807) is 41.0 Å². The van der Waals surface area contributed by atoms with Crippen LogP contribution in [-0.4, -0.2) is 41.1 Å². The van der Waals surface area contributed by atoms with Crippen LogP contribution in [0.25, 0.3) is 11.6 Å². The van der Waals surface area contributed by atoms with Crippen molar-refractivity contribution in [1.29, 1.82) is 0 Å². The quantitative estimate of drug-likeness (QED) is 0.661. The maximum Gasteiger partial charge on any atom is 0.269 e. The number of thiazole rings is 1. The van der Waals surface area contributed by atoms with Gasteiger partial charge >= 0.3 is 0 Å². The molecule has 30 heavy (non-hydrogen) atoms. The normalized spacial score (nSPS) is 15.6. The Bertz CT molecular complexity index is 1320. The molecule has 0 atom stereocenters. The third-order valence-electron chi connectivity index (χ3n) is 4.84. The van der Waals surface area contributed by atoms with Crippen LogP contribution in [0.5, 0.6) is 5.75 Å². The molecule has 0 saturated carbocycles. The summed E-state index contributed by atoms with van der Waals surface area (Å²) in [6.07, 6.45) is 1.62. The van der Waals surface area contributed by atoms with Crippen LogP contribution in [0.1, 0.15) is 11.1 Å². The van der Waals surface area contributed by atoms with Crippen LogP contribution in [0.3, 0.4) is 0 Å². The number of carbonyl (C=O) groups is 1. The highest BCUT2D eigenvalue weighted by Crippen LogP contribution is 2.30. The molecule has 0 saturated heterocycles. The maximum absolute atomic E-state index is 13.6. The van der Waals surface area contributed by atoms with E-state index in [-0.39, 0.29) is 17.2 Å². The number of para-hydroxylation sites is 1. The number of hydrogen-bond donors (Lipinski definition) is 2. The number of phenolic OH excluding ortho intramolecular Hbond substituents is 1. The zero-order valence-electron chi connectivity index (χ0n) is 16.5. The van der Waals surface area contributed by atoms with E-state index in [0.717, 1.165) is 0 Å². The number of rotatable bonds is 4. The highest BCUT2D eigenvalue weighted by Gasteiger charge is 2.27. The van der Waals surface area contributed by atoms with Gasteiger partial charge in [-0.15, -0.1) is 11.3 Å². The number of nitrogens with one attached hydrogen (secondary N) is 1. The van der Waals surface area contributed by atoms with Gasteiger partial charge in [0.15, 0.2) is 0 Å². The Morgan fingerprint density at radius 1 is 1.20 bits per heavy atom. The van der Waals surface area contributed by atoms with Gasteiger partial charge in [0, 0.05) is 24.2 Å². The Balaban J connectivity index is 2.01. The van der Waals surface area contributed by atoms with Crippen molar-refractivity contribution in [2.75, 3.05) is 26.0 Å². The lowest BCUT2D eigenvalue weighted by molar-refractivity contribution is -0.110. The minimum Gasteiger partial charge on any atom is -0.507 e. The van der Waals surface area contributed by atoms with E-state index in [4.69, 9.17) is 0 Å². The summed E-state index contributed by atoms with van der Waals surface area (Å²) in [6, 6.07) is 10.9. The Hall–Kier alpha value is -3.23. The first kappa shape index (κ1) is 20.1. The fourth-order valence-corrected chi connectivity index (χ4v) is 4.50. The number of hydrogen-bond acceptors (Lipinski definition) is 5. The fraction of sp³-hybridized carbons (Fsp3) is 0.182. The zero-order chi connectivity index (χ0) is 21.4. The highest BCUT2D eigenvalue weighted by atomic mass is 32.1. The molecule has 0 fully saturated rings. The van der Waals surface area contributed by atoms with Crippen LogP contribution in [0.4, 0.5) is 10.1 Å². The molecule has 8 heteroatoms. The number of likely N-dealkylation sites (N-methyl/N-ethyl adjacent to an activating group) is 1. The van der Waals surface area contributed by atoms with Crippen molar-refractivity contribution in [3.63, 3.8) is 0 Å². The number of aromatic nitrogens is 1. The summed E-state index contributed by atoms with van der Waals surface area (Å²) in [6.45, 7) is 0.991. The van der Waals surface area contributed by atoms with Crippen molar-refractivity contribution in [2.45, 2.75) is 6.54 Å². The Labute approximate surface area is 175 Å². The van der Waals surface area contributed by atoms with E-state index in [9.17, 15) is 19.1 Å². The maximum atomic E-state index is 13.6. The molecule has 4 rings (SSSR count). The lowest BCUT2D eigenvalue weighted by Crippen LogP contribution is -2.36. The molecular weight excluding hydrogens is 405 g/mol. The van der Waals surface area contributed by atoms with Gasteiger partial charge in [0.05, 0.1) is 15.8 Å². The Morgan fingerprint density at radius 3 is 2.70 bits per heavy atom. The molecule has 2 aromatic carbocycles. The van der Waals surface area contributed by atoms with Gasteiger partial charge in [-0.2, -0.15) is 0 Å². The van der Waals surface area contributed by atoms with Crippen molar-refractivity contribution >= 4 is 34.6 Å². The van der Waals surface area contributed by atoms with Crippen molar-refractivity contribution in [3.05, 3.63) is 79.0 Å². The Morgan fingerprint density at radius 2 is 1.97 bits per heavy atom. The van der Waals surface area contributed by atoms with Gasteiger partial charge in [-0.1, -0.05) is 18.2 Å². The summed E-state index contributed by atoms with van der Waals surface area (Å²) < 4.78 is 16.1. The monoisotopic (exact) mass is 425 g/mol. The minimum atomic E-state index is -0.444. The number of amides is 1. The average molecular weight is 425 g/mol. The van der Waals surface area contributed by atoms with Crippen molar-refractivity contribution < 1.29 is 14.3 Å². The van der Waals surface area contributed by atoms with Crippen LogP contribution in [-0.2, 0) is 11.3 Å². The fourth-order valence-electron chi connectivity index (χ4n) is 3.32. The lowest BCUT2D eigenvalue weighted by Gasteiger charge is -2.10. The predicted octanol–water partition coefficient (Wildman–Crippen LogP) is 1.30. The predicted molar refractivity (Wildman–Crippen MR) is 116 cm³/mol. The average Bonchev–Trinajstić information content (AvgIpc) is 3.17. The minimum absolute atomic E-state index is 0.0683. The van der Waals surface area contributed by atoms with Gasteiger partial charge in [-0.05, 0) is 44.4 Å². The van der Waals surface area contributed by atoms with Gasteiger partial charge in [0.1, 0.15) is 16.2 Å². The van der Waals surface area contributed by atoms with E-state index in [1.165, 1.54) is 23.5 Å². The topological polar surface area (TPSA) is 74.6 Å². The van der Waals surface area contributed by atoms with Crippen LogP contribution < -0.4 is 20.1 Å². The molecule has 2 N–H and O–H groups in total. The van der Waals surface area contributed by atoms with Crippen LogP contribution in [0, 0.1) is 5.82 Å². The number of carbonyl (C=O) groups excluding carboxylic acids is 1. The number of aromatic hydroxyl groups is 1. The van der Waals surface area contributed by atoms with Gasteiger partial charge in [0.25, 0.3) is 11.5 Å². The molecule has 1 aromatic heterocycles. The molecule has 0 unspecified atom stereocenters. The van der Waals surface area contributed by atoms with Gasteiger partial charge < -0.3 is 15.3 Å². The number of benzene rings is 2. The second-order valence-electron chi connectivity index (χ2n) is 7.25. The van der Waals surface area contributed by atoms with Crippen molar-refractivity contribution in [1.82, 2.24) is 9.47 Å². The largest absolute Gasteiger partial charge is 0.507 e. The third-order valence-corrected chi connectivity index (χ3v) is 5.97. The highest BCUT2D eigenvalue weighted by molar-refractivity contribution is 7.07. The molecule has 1 amide bonds. The second-order valence-corrected chi connectivity index (χ2v) is 8.28. The third kappa shape index (κ3) is 3.67. The summed E-state index contributed by atoms with van der Waals surface area (Å²) in [5.74, 6) is -0.747. The first-order chi connectivity index (χ1) is 14.3. The standard InChI is InChI=1S/C22H20FN3O3S/c1-25(2)9-10-26-21(29)18(11-13-5-3-4-6-17(13)27)30-22(26)19-15-8-7-14(23)12-16(15)24-20(19)28/h3-8,11-12,27H,9-10H2,1-2H3,(H,24,28)/b18-11-,22-19+. The number of fused-ring (bicyclic) bond motifs is 1.